The van der Waals surface area contributed by atoms with E-state index in [2.05, 4.69) is 16.4 Å². The molecule has 0 radical (unpaired) electrons. The van der Waals surface area contributed by atoms with Gasteiger partial charge in [0.25, 0.3) is 0 Å². The molecule has 2 heterocycles. The predicted octanol–water partition coefficient (Wildman–Crippen LogP) is 7.13. The summed E-state index contributed by atoms with van der Waals surface area (Å²) in [5, 5.41) is 4.44. The second-order valence-electron chi connectivity index (χ2n) is 6.54. The van der Waals surface area contributed by atoms with Crippen LogP contribution in [0.2, 0.25) is 10.0 Å². The lowest BCUT2D eigenvalue weighted by molar-refractivity contribution is -0.111. The molecule has 0 spiro atoms. The van der Waals surface area contributed by atoms with Crippen LogP contribution in [0.3, 0.4) is 0 Å². The number of aromatic nitrogens is 1. The Morgan fingerprint density at radius 2 is 1.90 bits per heavy atom. The van der Waals surface area contributed by atoms with E-state index in [0.717, 1.165) is 26.9 Å². The molecule has 0 fully saturated rings. The molecule has 29 heavy (non-hydrogen) atoms. The minimum absolute atomic E-state index is 0.276. The Hall–Kier alpha value is -2.60. The van der Waals surface area contributed by atoms with E-state index in [9.17, 15) is 4.79 Å². The Labute approximate surface area is 181 Å². The number of nitrogens with zero attached hydrogens (tertiary/aromatic N) is 1. The van der Waals surface area contributed by atoms with Gasteiger partial charge < -0.3 is 4.42 Å². The largest absolute Gasteiger partial charge is 0.457 e. The van der Waals surface area contributed by atoms with Crippen molar-refractivity contribution in [3.8, 4) is 11.3 Å². The first-order valence-electron chi connectivity index (χ1n) is 8.82. The number of fused-ring (bicyclic) bond motifs is 1. The molecular formula is C22H16Cl2N2O2S. The van der Waals surface area contributed by atoms with Gasteiger partial charge in [-0.3, -0.25) is 10.1 Å². The van der Waals surface area contributed by atoms with Crippen molar-refractivity contribution >= 4 is 61.9 Å². The number of carbonyl (C=O) groups is 1. The summed E-state index contributed by atoms with van der Waals surface area (Å²) in [6, 6.07) is 12.9. The molecule has 4 nitrogen and oxygen atoms in total. The Balaban J connectivity index is 1.48. The second kappa shape index (κ2) is 8.03. The van der Waals surface area contributed by atoms with Gasteiger partial charge in [-0.25, -0.2) is 4.98 Å². The molecular weight excluding hydrogens is 427 g/mol. The van der Waals surface area contributed by atoms with Crippen molar-refractivity contribution in [2.45, 2.75) is 13.8 Å². The number of hydrogen-bond acceptors (Lipinski definition) is 4. The van der Waals surface area contributed by atoms with E-state index in [4.69, 9.17) is 27.6 Å². The molecule has 4 rings (SSSR count). The van der Waals surface area contributed by atoms with E-state index in [1.54, 1.807) is 36.4 Å². The fraction of sp³-hybridized carbons (Fsp3) is 0.0909. The minimum atomic E-state index is -0.276. The van der Waals surface area contributed by atoms with Gasteiger partial charge in [0.05, 0.1) is 15.2 Å². The maximum Gasteiger partial charge on any atom is 0.250 e. The molecule has 4 aromatic rings. The molecule has 7 heteroatoms. The first-order chi connectivity index (χ1) is 13.9. The summed E-state index contributed by atoms with van der Waals surface area (Å²) in [6.07, 6.45) is 3.02. The molecule has 1 N–H and O–H groups in total. The summed E-state index contributed by atoms with van der Waals surface area (Å²) in [6.45, 7) is 4.04. The van der Waals surface area contributed by atoms with Crippen LogP contribution < -0.4 is 5.32 Å². The molecule has 0 aliphatic carbocycles. The van der Waals surface area contributed by atoms with Crippen molar-refractivity contribution in [1.82, 2.24) is 4.98 Å². The van der Waals surface area contributed by atoms with Crippen molar-refractivity contribution < 1.29 is 9.21 Å². The molecule has 2 aromatic carbocycles. The first kappa shape index (κ1) is 19.7. The fourth-order valence-electron chi connectivity index (χ4n) is 2.89. The number of carbonyl (C=O) groups excluding carboxylic acids is 1. The number of thiazole rings is 1. The van der Waals surface area contributed by atoms with Gasteiger partial charge in [0.2, 0.25) is 5.91 Å². The molecule has 2 aromatic heterocycles. The van der Waals surface area contributed by atoms with Crippen molar-refractivity contribution in [3.63, 3.8) is 0 Å². The van der Waals surface area contributed by atoms with Crippen molar-refractivity contribution in [2.24, 2.45) is 0 Å². The number of furan rings is 1. The standard InChI is InChI=1S/C22H16Cl2N2O2S/c1-12-3-4-13(2)21-20(12)26-22(29-21)25-19(27)10-7-15-6-9-18(28-15)16-8-5-14(23)11-17(16)24/h3-11H,1-2H3,(H,25,26,27)/b10-7+. The molecule has 1 amide bonds. The molecule has 0 atom stereocenters. The van der Waals surface area contributed by atoms with Crippen LogP contribution in [-0.2, 0) is 4.79 Å². The molecule has 0 saturated heterocycles. The van der Waals surface area contributed by atoms with E-state index in [-0.39, 0.29) is 5.91 Å². The lowest BCUT2D eigenvalue weighted by Crippen LogP contribution is -2.07. The highest BCUT2D eigenvalue weighted by atomic mass is 35.5. The van der Waals surface area contributed by atoms with Crippen LogP contribution >= 0.6 is 34.5 Å². The topological polar surface area (TPSA) is 55.1 Å². The van der Waals surface area contributed by atoms with Gasteiger partial charge in [-0.15, -0.1) is 0 Å². The summed E-state index contributed by atoms with van der Waals surface area (Å²) < 4.78 is 6.85. The van der Waals surface area contributed by atoms with E-state index in [1.165, 1.54) is 17.4 Å². The Morgan fingerprint density at radius 3 is 2.66 bits per heavy atom. The SMILES string of the molecule is Cc1ccc(C)c2sc(NC(=O)/C=C/c3ccc(-c4ccc(Cl)cc4Cl)o3)nc12. The Bertz CT molecular complexity index is 1220. The number of amides is 1. The van der Waals surface area contributed by atoms with E-state index >= 15 is 0 Å². The molecule has 0 unspecified atom stereocenters. The average molecular weight is 443 g/mol. The summed E-state index contributed by atoms with van der Waals surface area (Å²) in [4.78, 5) is 16.8. The number of anilines is 1. The van der Waals surface area contributed by atoms with Crippen LogP contribution in [0.4, 0.5) is 5.13 Å². The third-order valence-electron chi connectivity index (χ3n) is 4.39. The number of nitrogens with one attached hydrogen (secondary N) is 1. The van der Waals surface area contributed by atoms with Gasteiger partial charge >= 0.3 is 0 Å². The van der Waals surface area contributed by atoms with Gasteiger partial charge in [0.15, 0.2) is 5.13 Å². The average Bonchev–Trinajstić information content (AvgIpc) is 3.31. The van der Waals surface area contributed by atoms with Gasteiger partial charge in [-0.2, -0.15) is 0 Å². The maximum atomic E-state index is 12.3. The summed E-state index contributed by atoms with van der Waals surface area (Å²) >= 11 is 13.6. The number of rotatable bonds is 4. The molecule has 0 saturated carbocycles. The number of hydrogen-bond donors (Lipinski definition) is 1. The summed E-state index contributed by atoms with van der Waals surface area (Å²) in [7, 11) is 0. The quantitative estimate of drug-likeness (QED) is 0.341. The second-order valence-corrected chi connectivity index (χ2v) is 8.39. The summed E-state index contributed by atoms with van der Waals surface area (Å²) in [5.41, 5.74) is 3.88. The highest BCUT2D eigenvalue weighted by Gasteiger charge is 2.11. The number of benzene rings is 2. The zero-order chi connectivity index (χ0) is 20.5. The molecule has 0 aliphatic heterocycles. The zero-order valence-electron chi connectivity index (χ0n) is 15.6. The molecule has 0 bridgehead atoms. The number of aryl methyl sites for hydroxylation is 2. The van der Waals surface area contributed by atoms with Gasteiger partial charge in [0, 0.05) is 16.7 Å². The van der Waals surface area contributed by atoms with Crippen LogP contribution in [0.15, 0.2) is 53.0 Å². The summed E-state index contributed by atoms with van der Waals surface area (Å²) in [5.74, 6) is 0.864. The van der Waals surface area contributed by atoms with Crippen molar-refractivity contribution in [3.05, 3.63) is 75.5 Å². The third-order valence-corrected chi connectivity index (χ3v) is 6.05. The highest BCUT2D eigenvalue weighted by Crippen LogP contribution is 2.32. The van der Waals surface area contributed by atoms with Crippen LogP contribution in [0.5, 0.6) is 0 Å². The van der Waals surface area contributed by atoms with E-state index in [0.29, 0.717) is 26.7 Å². The van der Waals surface area contributed by atoms with E-state index in [1.807, 2.05) is 19.9 Å². The van der Waals surface area contributed by atoms with Crippen LogP contribution in [0, 0.1) is 13.8 Å². The van der Waals surface area contributed by atoms with Crippen LogP contribution in [0.25, 0.3) is 27.6 Å². The Morgan fingerprint density at radius 1 is 1.10 bits per heavy atom. The Kier molecular flexibility index (Phi) is 5.46. The van der Waals surface area contributed by atoms with Crippen molar-refractivity contribution in [2.75, 3.05) is 5.32 Å². The maximum absolute atomic E-state index is 12.3. The lowest BCUT2D eigenvalue weighted by Gasteiger charge is -2.00. The molecule has 146 valence electrons. The van der Waals surface area contributed by atoms with Gasteiger partial charge in [-0.05, 0) is 61.4 Å². The number of halogens is 2. The van der Waals surface area contributed by atoms with Crippen LogP contribution in [0.1, 0.15) is 16.9 Å². The van der Waals surface area contributed by atoms with E-state index < -0.39 is 0 Å². The van der Waals surface area contributed by atoms with Gasteiger partial charge in [-0.1, -0.05) is 46.7 Å². The smallest absolute Gasteiger partial charge is 0.250 e. The lowest BCUT2D eigenvalue weighted by atomic mass is 10.1. The van der Waals surface area contributed by atoms with Gasteiger partial charge in [0.1, 0.15) is 11.5 Å². The zero-order valence-corrected chi connectivity index (χ0v) is 18.0. The predicted molar refractivity (Wildman–Crippen MR) is 121 cm³/mol. The molecule has 0 aliphatic rings. The van der Waals surface area contributed by atoms with Crippen LogP contribution in [-0.4, -0.2) is 10.9 Å². The monoisotopic (exact) mass is 442 g/mol. The highest BCUT2D eigenvalue weighted by molar-refractivity contribution is 7.22. The first-order valence-corrected chi connectivity index (χ1v) is 10.4. The third kappa shape index (κ3) is 4.22. The van der Waals surface area contributed by atoms with Crippen molar-refractivity contribution in [1.29, 1.82) is 0 Å². The normalized spacial score (nSPS) is 11.4. The minimum Gasteiger partial charge on any atom is -0.457 e. The fourth-order valence-corrected chi connectivity index (χ4v) is 4.41.